The van der Waals surface area contributed by atoms with Crippen LogP contribution in [0.25, 0.3) is 5.57 Å². The number of para-hydroxylation sites is 1. The molecule has 0 bridgehead atoms. The van der Waals surface area contributed by atoms with Gasteiger partial charge in [-0.1, -0.05) is 44.2 Å². The van der Waals surface area contributed by atoms with Gasteiger partial charge < -0.3 is 10.0 Å². The fourth-order valence-electron chi connectivity index (χ4n) is 3.52. The van der Waals surface area contributed by atoms with Gasteiger partial charge in [0.2, 0.25) is 10.3 Å². The maximum atomic E-state index is 13.4. The van der Waals surface area contributed by atoms with Crippen molar-refractivity contribution >= 4 is 26.5 Å². The zero-order chi connectivity index (χ0) is 18.8. The summed E-state index contributed by atoms with van der Waals surface area (Å²) in [7, 11) is -2.54. The second kappa shape index (κ2) is 7.43. The van der Waals surface area contributed by atoms with E-state index in [2.05, 4.69) is 0 Å². The van der Waals surface area contributed by atoms with Crippen LogP contribution < -0.4 is 4.90 Å². The van der Waals surface area contributed by atoms with Crippen molar-refractivity contribution in [3.8, 4) is 0 Å². The van der Waals surface area contributed by atoms with E-state index in [1.165, 1.54) is 12.1 Å². The highest BCUT2D eigenvalue weighted by atomic mass is 32.2. The Morgan fingerprint density at radius 3 is 2.19 bits per heavy atom. The molecular weight excluding hydrogens is 353 g/mol. The molecule has 4 nitrogen and oxygen atoms in total. The van der Waals surface area contributed by atoms with Crippen LogP contribution in [0.4, 0.5) is 10.1 Å². The average Bonchev–Trinajstić information content (AvgIpc) is 2.98. The molecule has 1 unspecified atom stereocenters. The van der Waals surface area contributed by atoms with Crippen LogP contribution in [-0.4, -0.2) is 31.2 Å². The number of nitrogens with zero attached hydrogens (tertiary/aromatic N) is 1. The van der Waals surface area contributed by atoms with Gasteiger partial charge >= 0.3 is 0 Å². The topological polar surface area (TPSA) is 57.6 Å². The normalized spacial score (nSPS) is 17.3. The summed E-state index contributed by atoms with van der Waals surface area (Å²) >= 11 is 0. The zero-order valence-electron chi connectivity index (χ0n) is 14.6. The van der Waals surface area contributed by atoms with E-state index >= 15 is 0 Å². The molecule has 0 amide bonds. The zero-order valence-corrected chi connectivity index (χ0v) is 15.4. The van der Waals surface area contributed by atoms with E-state index in [9.17, 15) is 17.9 Å². The summed E-state index contributed by atoms with van der Waals surface area (Å²) in [6.07, 6.45) is 0. The van der Waals surface area contributed by atoms with Gasteiger partial charge in [0.1, 0.15) is 5.82 Å². The Morgan fingerprint density at radius 1 is 1.08 bits per heavy atom. The highest BCUT2D eigenvalue weighted by molar-refractivity contribution is 7.74. The fourth-order valence-corrected chi connectivity index (χ4v) is 4.31. The Bertz CT molecular complexity index is 956. The molecular formula is C20H20FNO3S. The predicted octanol–water partition coefficient (Wildman–Crippen LogP) is 3.13. The molecule has 0 saturated heterocycles. The number of aliphatic hydroxyl groups excluding tert-OH is 1. The third kappa shape index (κ3) is 3.18. The highest BCUT2D eigenvalue weighted by Crippen LogP contribution is 2.39. The molecule has 1 aliphatic heterocycles. The van der Waals surface area contributed by atoms with Gasteiger partial charge in [-0.3, -0.25) is 0 Å². The SMILES string of the molecule is CC(C)C1C(CO)=C(c2ccc(F)cc2)C(=S(=O)=O)N1c1ccccc1. The molecule has 26 heavy (non-hydrogen) atoms. The molecule has 2 aromatic carbocycles. The van der Waals surface area contributed by atoms with Crippen LogP contribution in [0.3, 0.4) is 0 Å². The first-order valence-corrected chi connectivity index (χ1v) is 9.44. The molecule has 0 fully saturated rings. The summed E-state index contributed by atoms with van der Waals surface area (Å²) in [5.74, 6) is -0.350. The van der Waals surface area contributed by atoms with Crippen LogP contribution in [0.2, 0.25) is 0 Å². The lowest BCUT2D eigenvalue weighted by Gasteiger charge is -2.31. The van der Waals surface area contributed by atoms with Crippen LogP contribution >= 0.6 is 0 Å². The Labute approximate surface area is 153 Å². The van der Waals surface area contributed by atoms with Crippen molar-refractivity contribution in [1.29, 1.82) is 0 Å². The molecule has 0 radical (unpaired) electrons. The molecule has 1 heterocycles. The summed E-state index contributed by atoms with van der Waals surface area (Å²) in [6, 6.07) is 14.6. The van der Waals surface area contributed by atoms with Gasteiger partial charge in [-0.25, -0.2) is 4.39 Å². The lowest BCUT2D eigenvalue weighted by atomic mass is 9.93. The van der Waals surface area contributed by atoms with Crippen molar-refractivity contribution < 1.29 is 17.9 Å². The maximum absolute atomic E-state index is 13.4. The predicted molar refractivity (Wildman–Crippen MR) is 102 cm³/mol. The first kappa shape index (κ1) is 18.4. The van der Waals surface area contributed by atoms with Crippen molar-refractivity contribution in [3.05, 3.63) is 71.6 Å². The molecule has 0 spiro atoms. The minimum Gasteiger partial charge on any atom is -0.392 e. The van der Waals surface area contributed by atoms with E-state index in [4.69, 9.17) is 0 Å². The molecule has 1 N–H and O–H groups in total. The lowest BCUT2D eigenvalue weighted by Crippen LogP contribution is -2.40. The first-order valence-electron chi connectivity index (χ1n) is 8.36. The van der Waals surface area contributed by atoms with Crippen LogP contribution in [0.5, 0.6) is 0 Å². The van der Waals surface area contributed by atoms with Gasteiger partial charge in [-0.05, 0) is 41.3 Å². The van der Waals surface area contributed by atoms with E-state index < -0.39 is 16.1 Å². The summed E-state index contributed by atoms with van der Waals surface area (Å²) in [5, 5.41) is 10.1. The molecule has 1 aliphatic rings. The van der Waals surface area contributed by atoms with Gasteiger partial charge in [0.05, 0.1) is 12.6 Å². The van der Waals surface area contributed by atoms with E-state index in [0.717, 1.165) is 5.69 Å². The largest absolute Gasteiger partial charge is 0.392 e. The van der Waals surface area contributed by atoms with Crippen molar-refractivity contribution in [2.75, 3.05) is 11.5 Å². The first-order chi connectivity index (χ1) is 12.5. The second-order valence-corrected chi connectivity index (χ2v) is 7.36. The number of rotatable bonds is 4. The lowest BCUT2D eigenvalue weighted by molar-refractivity contribution is 0.317. The third-order valence-electron chi connectivity index (χ3n) is 4.52. The number of anilines is 1. The van der Waals surface area contributed by atoms with E-state index in [1.54, 1.807) is 17.0 Å². The Balaban J connectivity index is 2.30. The Morgan fingerprint density at radius 2 is 1.69 bits per heavy atom. The molecule has 0 aromatic heterocycles. The quantitative estimate of drug-likeness (QED) is 0.837. The minimum absolute atomic E-state index is 0.0499. The smallest absolute Gasteiger partial charge is 0.239 e. The van der Waals surface area contributed by atoms with Crippen LogP contribution in [-0.2, 0) is 10.3 Å². The monoisotopic (exact) mass is 373 g/mol. The van der Waals surface area contributed by atoms with Crippen LogP contribution in [0.1, 0.15) is 19.4 Å². The molecule has 6 heteroatoms. The average molecular weight is 373 g/mol. The molecule has 136 valence electrons. The van der Waals surface area contributed by atoms with Crippen LogP contribution in [0.15, 0.2) is 60.2 Å². The van der Waals surface area contributed by atoms with Crippen molar-refractivity contribution in [2.24, 2.45) is 5.92 Å². The Kier molecular flexibility index (Phi) is 5.25. The minimum atomic E-state index is -2.54. The highest BCUT2D eigenvalue weighted by Gasteiger charge is 2.40. The second-order valence-electron chi connectivity index (χ2n) is 6.50. The van der Waals surface area contributed by atoms with Crippen LogP contribution in [0, 0.1) is 11.7 Å². The molecule has 0 aliphatic carbocycles. The summed E-state index contributed by atoms with van der Waals surface area (Å²) < 4.78 is 37.7. The van der Waals surface area contributed by atoms with Gasteiger partial charge in [0, 0.05) is 11.3 Å². The van der Waals surface area contributed by atoms with Gasteiger partial charge in [-0.2, -0.15) is 8.42 Å². The van der Waals surface area contributed by atoms with Gasteiger partial charge in [-0.15, -0.1) is 0 Å². The molecule has 0 saturated carbocycles. The summed E-state index contributed by atoms with van der Waals surface area (Å²) in [6.45, 7) is 3.68. The molecule has 1 atom stereocenters. The molecule has 3 rings (SSSR count). The van der Waals surface area contributed by atoms with Gasteiger partial charge in [0.25, 0.3) is 0 Å². The fraction of sp³-hybridized carbons (Fsp3) is 0.250. The van der Waals surface area contributed by atoms with Crippen molar-refractivity contribution in [3.63, 3.8) is 0 Å². The summed E-state index contributed by atoms with van der Waals surface area (Å²) in [5.41, 5.74) is 2.37. The van der Waals surface area contributed by atoms with Crippen molar-refractivity contribution in [1.82, 2.24) is 0 Å². The summed E-state index contributed by atoms with van der Waals surface area (Å²) in [4.78, 5) is 1.85. The standard InChI is InChI=1S/C20H20FNO3S/c1-13(2)19-17(12-23)18(14-8-10-15(21)11-9-14)20(26(24)25)22(19)16-6-4-3-5-7-16/h3-11,13,19,23H,12H2,1-2H3. The maximum Gasteiger partial charge on any atom is 0.239 e. The number of hydrogen-bond donors (Lipinski definition) is 1. The number of hydrogen-bond acceptors (Lipinski definition) is 3. The third-order valence-corrected chi connectivity index (χ3v) is 5.23. The van der Waals surface area contributed by atoms with Crippen molar-refractivity contribution in [2.45, 2.75) is 19.9 Å². The Hall–Kier alpha value is -2.44. The number of halogens is 1. The van der Waals surface area contributed by atoms with E-state index in [0.29, 0.717) is 16.7 Å². The number of benzene rings is 2. The molecule has 2 aromatic rings. The van der Waals surface area contributed by atoms with E-state index in [1.807, 2.05) is 44.2 Å². The van der Waals surface area contributed by atoms with E-state index in [-0.39, 0.29) is 23.6 Å². The van der Waals surface area contributed by atoms with Gasteiger partial charge in [0.15, 0.2) is 4.99 Å². The number of aliphatic hydroxyl groups is 1.